The number of anilines is 1. The highest BCUT2D eigenvalue weighted by Crippen LogP contribution is 2.28. The molecule has 5 heteroatoms. The Morgan fingerprint density at radius 3 is 2.03 bits per heavy atom. The number of ether oxygens (including phenoxy) is 1. The zero-order chi connectivity index (χ0) is 21.4. The van der Waals surface area contributed by atoms with E-state index in [1.807, 2.05) is 38.1 Å². The average Bonchev–Trinajstić information content (AvgIpc) is 2.74. The second-order valence-corrected chi connectivity index (χ2v) is 7.65. The van der Waals surface area contributed by atoms with Gasteiger partial charge in [-0.3, -0.25) is 9.59 Å². The Balaban J connectivity index is 1.89. The third-order valence-corrected chi connectivity index (χ3v) is 5.36. The fourth-order valence-corrected chi connectivity index (χ4v) is 2.94. The summed E-state index contributed by atoms with van der Waals surface area (Å²) in [4.78, 5) is 26.2. The average molecular weight is 397 g/mol. The van der Waals surface area contributed by atoms with Gasteiger partial charge in [-0.05, 0) is 67.6 Å². The van der Waals surface area contributed by atoms with E-state index in [2.05, 4.69) is 26.1 Å². The molecule has 29 heavy (non-hydrogen) atoms. The summed E-state index contributed by atoms with van der Waals surface area (Å²) in [5.74, 6) is 0.410. The minimum absolute atomic E-state index is 0.00842. The van der Waals surface area contributed by atoms with Gasteiger partial charge >= 0.3 is 0 Å². The van der Waals surface area contributed by atoms with Crippen LogP contribution in [-0.2, 0) is 10.2 Å². The molecule has 2 aromatic carbocycles. The van der Waals surface area contributed by atoms with Gasteiger partial charge in [0.1, 0.15) is 5.75 Å². The van der Waals surface area contributed by atoms with Gasteiger partial charge in [0.15, 0.2) is 6.61 Å². The molecule has 0 aliphatic heterocycles. The third kappa shape index (κ3) is 6.08. The minimum Gasteiger partial charge on any atom is -0.484 e. The molecule has 2 amide bonds. The topological polar surface area (TPSA) is 58.6 Å². The third-order valence-electron chi connectivity index (χ3n) is 5.36. The Bertz CT molecular complexity index is 807. The lowest BCUT2D eigenvalue weighted by Gasteiger charge is -2.23. The molecule has 0 aliphatic rings. The van der Waals surface area contributed by atoms with Gasteiger partial charge in [0.05, 0.1) is 0 Å². The summed E-state index contributed by atoms with van der Waals surface area (Å²) in [6.07, 6.45) is 1.05. The Labute approximate surface area is 174 Å². The van der Waals surface area contributed by atoms with Crippen LogP contribution < -0.4 is 10.1 Å². The summed E-state index contributed by atoms with van der Waals surface area (Å²) in [6, 6.07) is 14.8. The molecule has 0 aromatic heterocycles. The van der Waals surface area contributed by atoms with Crippen molar-refractivity contribution in [3.63, 3.8) is 0 Å². The fourth-order valence-electron chi connectivity index (χ4n) is 2.94. The molecule has 0 aliphatic carbocycles. The number of carbonyl (C=O) groups is 2. The van der Waals surface area contributed by atoms with E-state index in [1.165, 1.54) is 5.56 Å². The molecule has 0 unspecified atom stereocenters. The summed E-state index contributed by atoms with van der Waals surface area (Å²) in [6.45, 7) is 11.7. The summed E-state index contributed by atoms with van der Waals surface area (Å²) in [5.41, 5.74) is 2.61. The van der Waals surface area contributed by atoms with Crippen LogP contribution in [0.2, 0.25) is 0 Å². The largest absolute Gasteiger partial charge is 0.484 e. The molecule has 2 aromatic rings. The highest BCUT2D eigenvalue weighted by molar-refractivity contribution is 5.96. The normalized spacial score (nSPS) is 11.1. The Morgan fingerprint density at radius 1 is 0.931 bits per heavy atom. The van der Waals surface area contributed by atoms with Crippen LogP contribution in [0.3, 0.4) is 0 Å². The van der Waals surface area contributed by atoms with Crippen LogP contribution in [0.5, 0.6) is 5.75 Å². The summed E-state index contributed by atoms with van der Waals surface area (Å²) in [5, 5.41) is 2.79. The van der Waals surface area contributed by atoms with Crippen LogP contribution >= 0.6 is 0 Å². The van der Waals surface area contributed by atoms with Crippen LogP contribution in [-0.4, -0.2) is 36.4 Å². The van der Waals surface area contributed by atoms with E-state index >= 15 is 0 Å². The molecule has 5 nitrogen and oxygen atoms in total. The first-order valence-corrected chi connectivity index (χ1v) is 10.2. The highest BCUT2D eigenvalue weighted by Gasteiger charge is 2.17. The molecule has 156 valence electrons. The number of rotatable bonds is 9. The van der Waals surface area contributed by atoms with Crippen molar-refractivity contribution in [1.82, 2.24) is 4.90 Å². The molecule has 0 fully saturated rings. The SMILES string of the molecule is CCN(CC)C(=O)c1ccc(NC(=O)COc2ccc(C(C)(C)CC)cc2)cc1. The van der Waals surface area contributed by atoms with Crippen LogP contribution in [0, 0.1) is 0 Å². The number of carbonyl (C=O) groups excluding carboxylic acids is 2. The molecule has 2 rings (SSSR count). The predicted molar refractivity (Wildman–Crippen MR) is 118 cm³/mol. The van der Waals surface area contributed by atoms with Gasteiger partial charge in [0.25, 0.3) is 11.8 Å². The van der Waals surface area contributed by atoms with E-state index in [1.54, 1.807) is 29.2 Å². The van der Waals surface area contributed by atoms with Gasteiger partial charge in [-0.1, -0.05) is 32.9 Å². The molecule has 0 heterocycles. The van der Waals surface area contributed by atoms with Gasteiger partial charge < -0.3 is 15.0 Å². The van der Waals surface area contributed by atoms with Crippen molar-refractivity contribution >= 4 is 17.5 Å². The van der Waals surface area contributed by atoms with E-state index in [-0.39, 0.29) is 23.8 Å². The van der Waals surface area contributed by atoms with Gasteiger partial charge in [0.2, 0.25) is 0 Å². The first kappa shape index (κ1) is 22.5. The standard InChI is InChI=1S/C24H32N2O3/c1-6-24(4,5)19-11-15-21(16-12-19)29-17-22(27)25-20-13-9-18(10-14-20)23(28)26(7-2)8-3/h9-16H,6-8,17H2,1-5H3,(H,25,27). The summed E-state index contributed by atoms with van der Waals surface area (Å²) in [7, 11) is 0. The lowest BCUT2D eigenvalue weighted by atomic mass is 9.82. The maximum Gasteiger partial charge on any atom is 0.262 e. The molecule has 0 spiro atoms. The number of nitrogens with zero attached hydrogens (tertiary/aromatic N) is 1. The lowest BCUT2D eigenvalue weighted by Crippen LogP contribution is -2.30. The second-order valence-electron chi connectivity index (χ2n) is 7.65. The number of nitrogens with one attached hydrogen (secondary N) is 1. The molecule has 0 bridgehead atoms. The lowest BCUT2D eigenvalue weighted by molar-refractivity contribution is -0.118. The first-order valence-electron chi connectivity index (χ1n) is 10.2. The number of amides is 2. The van der Waals surface area contributed by atoms with Gasteiger partial charge in [0, 0.05) is 24.3 Å². The van der Waals surface area contributed by atoms with Crippen molar-refractivity contribution in [2.24, 2.45) is 0 Å². The highest BCUT2D eigenvalue weighted by atomic mass is 16.5. The Morgan fingerprint density at radius 2 is 1.52 bits per heavy atom. The van der Waals surface area contributed by atoms with Gasteiger partial charge in [-0.15, -0.1) is 0 Å². The maximum atomic E-state index is 12.3. The van der Waals surface area contributed by atoms with E-state index in [0.717, 1.165) is 6.42 Å². The molecule has 1 N–H and O–H groups in total. The molecule has 0 saturated heterocycles. The number of hydrogen-bond acceptors (Lipinski definition) is 3. The van der Waals surface area contributed by atoms with Crippen molar-refractivity contribution in [2.45, 2.75) is 46.5 Å². The fraction of sp³-hybridized carbons (Fsp3) is 0.417. The quantitative estimate of drug-likeness (QED) is 0.658. The van der Waals surface area contributed by atoms with Crippen LogP contribution in [0.15, 0.2) is 48.5 Å². The van der Waals surface area contributed by atoms with Crippen LogP contribution in [0.1, 0.15) is 57.0 Å². The molecular weight excluding hydrogens is 364 g/mol. The predicted octanol–water partition coefficient (Wildman–Crippen LogP) is 4.87. The smallest absolute Gasteiger partial charge is 0.262 e. The van der Waals surface area contributed by atoms with Crippen molar-refractivity contribution in [3.8, 4) is 5.75 Å². The second kappa shape index (κ2) is 10.1. The monoisotopic (exact) mass is 396 g/mol. The van der Waals surface area contributed by atoms with Crippen molar-refractivity contribution in [2.75, 3.05) is 25.0 Å². The maximum absolute atomic E-state index is 12.3. The molecular formula is C24H32N2O3. The van der Waals surface area contributed by atoms with E-state index < -0.39 is 0 Å². The minimum atomic E-state index is -0.245. The van der Waals surface area contributed by atoms with Gasteiger partial charge in [-0.25, -0.2) is 0 Å². The Hall–Kier alpha value is -2.82. The summed E-state index contributed by atoms with van der Waals surface area (Å²) < 4.78 is 5.59. The zero-order valence-electron chi connectivity index (χ0n) is 18.1. The van der Waals surface area contributed by atoms with Crippen molar-refractivity contribution in [3.05, 3.63) is 59.7 Å². The van der Waals surface area contributed by atoms with Crippen LogP contribution in [0.4, 0.5) is 5.69 Å². The number of benzene rings is 2. The van der Waals surface area contributed by atoms with E-state index in [0.29, 0.717) is 30.1 Å². The zero-order valence-corrected chi connectivity index (χ0v) is 18.1. The van der Waals surface area contributed by atoms with E-state index in [4.69, 9.17) is 4.74 Å². The first-order chi connectivity index (χ1) is 13.8. The molecule has 0 radical (unpaired) electrons. The van der Waals surface area contributed by atoms with Crippen molar-refractivity contribution in [1.29, 1.82) is 0 Å². The molecule has 0 atom stereocenters. The summed E-state index contributed by atoms with van der Waals surface area (Å²) >= 11 is 0. The Kier molecular flexibility index (Phi) is 7.82. The molecule has 0 saturated carbocycles. The van der Waals surface area contributed by atoms with Gasteiger partial charge in [-0.2, -0.15) is 0 Å². The van der Waals surface area contributed by atoms with Crippen molar-refractivity contribution < 1.29 is 14.3 Å². The van der Waals surface area contributed by atoms with Crippen LogP contribution in [0.25, 0.3) is 0 Å². The van der Waals surface area contributed by atoms with E-state index in [9.17, 15) is 9.59 Å². The number of hydrogen-bond donors (Lipinski definition) is 1.